The van der Waals surface area contributed by atoms with Crippen molar-refractivity contribution in [2.45, 2.75) is 62.8 Å². The van der Waals surface area contributed by atoms with Crippen molar-refractivity contribution >= 4 is 28.6 Å². The van der Waals surface area contributed by atoms with Crippen LogP contribution in [0, 0.1) is 16.7 Å². The fourth-order valence-corrected chi connectivity index (χ4v) is 5.59. The first kappa shape index (κ1) is 21.4. The molecule has 1 aromatic carbocycles. The van der Waals surface area contributed by atoms with Crippen molar-refractivity contribution in [2.24, 2.45) is 12.5 Å². The Balaban J connectivity index is 1.24. The Bertz CT molecular complexity index is 1170. The van der Waals surface area contributed by atoms with Crippen LogP contribution in [0.15, 0.2) is 18.2 Å². The van der Waals surface area contributed by atoms with Gasteiger partial charge < -0.3 is 10.1 Å². The third kappa shape index (κ3) is 3.84. The van der Waals surface area contributed by atoms with Gasteiger partial charge >= 0.3 is 0 Å². The fraction of sp³-hybridized carbons (Fsp3) is 0.542. The minimum Gasteiger partial charge on any atom is -0.484 e. The molecular formula is C24H27N5O4. The number of ether oxygens (including phenoxy) is 1. The molecule has 2 N–H and O–H groups in total. The van der Waals surface area contributed by atoms with Gasteiger partial charge in [0.25, 0.3) is 5.91 Å². The molecule has 0 spiro atoms. The number of nitrogens with zero attached hydrogens (tertiary/aromatic N) is 3. The molecule has 2 aromatic rings. The second-order valence-electron chi connectivity index (χ2n) is 9.70. The molecule has 9 heteroatoms. The smallest absolute Gasteiger partial charge is 0.258 e. The predicted molar refractivity (Wildman–Crippen MR) is 118 cm³/mol. The number of aromatic nitrogens is 2. The van der Waals surface area contributed by atoms with Crippen molar-refractivity contribution < 1.29 is 19.1 Å². The molecule has 3 aliphatic carbocycles. The monoisotopic (exact) mass is 449 g/mol. The summed E-state index contributed by atoms with van der Waals surface area (Å²) in [6, 6.07) is 7.91. The average molecular weight is 450 g/mol. The highest BCUT2D eigenvalue weighted by Crippen LogP contribution is 2.51. The molecule has 1 aliphatic heterocycles. The van der Waals surface area contributed by atoms with E-state index in [0.717, 1.165) is 49.4 Å². The lowest BCUT2D eigenvalue weighted by atomic mass is 9.58. The summed E-state index contributed by atoms with van der Waals surface area (Å²) in [4.78, 5) is 36.4. The van der Waals surface area contributed by atoms with E-state index in [1.54, 1.807) is 17.8 Å². The summed E-state index contributed by atoms with van der Waals surface area (Å²) < 4.78 is 7.46. The standard InChI is InChI=1S/C24H27N5O4/c1-29-18-12-15(2-3-16(18)21(28-29)17-4-5-19(30)26-22(17)32)33-13-20(31)27-24-9-6-23(14-25,7-10-24)8-11-24/h2-3,12,17H,4-11,13H2,1H3,(H,27,31)(H,26,30,32). The number of amides is 3. The SMILES string of the molecule is Cn1nc(C2CCC(=O)NC2=O)c2ccc(OCC(=O)NC34CCC(C#N)(CC3)CC4)cc21. The number of imide groups is 1. The lowest BCUT2D eigenvalue weighted by molar-refractivity contribution is -0.134. The average Bonchev–Trinajstić information content (AvgIpc) is 3.14. The largest absolute Gasteiger partial charge is 0.484 e. The topological polar surface area (TPSA) is 126 Å². The Kier molecular flexibility index (Phi) is 5.11. The van der Waals surface area contributed by atoms with Crippen LogP contribution in [0.5, 0.6) is 5.75 Å². The Morgan fingerprint density at radius 3 is 2.67 bits per heavy atom. The summed E-state index contributed by atoms with van der Waals surface area (Å²) >= 11 is 0. The van der Waals surface area contributed by atoms with Gasteiger partial charge in [0.05, 0.1) is 28.6 Å². The van der Waals surface area contributed by atoms with Crippen molar-refractivity contribution in [1.82, 2.24) is 20.4 Å². The fourth-order valence-electron chi connectivity index (χ4n) is 5.59. The predicted octanol–water partition coefficient (Wildman–Crippen LogP) is 2.21. The molecule has 0 radical (unpaired) electrons. The zero-order valence-electron chi connectivity index (χ0n) is 18.6. The Morgan fingerprint density at radius 1 is 1.27 bits per heavy atom. The van der Waals surface area contributed by atoms with Crippen LogP contribution < -0.4 is 15.4 Å². The highest BCUT2D eigenvalue weighted by molar-refractivity contribution is 6.02. The summed E-state index contributed by atoms with van der Waals surface area (Å²) in [5.74, 6) is -0.649. The van der Waals surface area contributed by atoms with Crippen molar-refractivity contribution in [3.8, 4) is 11.8 Å². The first-order chi connectivity index (χ1) is 15.8. The highest BCUT2D eigenvalue weighted by atomic mass is 16.5. The Labute approximate surface area is 191 Å². The van der Waals surface area contributed by atoms with E-state index in [-0.39, 0.29) is 35.3 Å². The normalized spacial score (nSPS) is 28.9. The minimum absolute atomic E-state index is 0.0888. The van der Waals surface area contributed by atoms with Gasteiger partial charge in [-0.15, -0.1) is 0 Å². The van der Waals surface area contributed by atoms with Gasteiger partial charge in [0, 0.05) is 30.5 Å². The van der Waals surface area contributed by atoms with Crippen LogP contribution in [0.25, 0.3) is 10.9 Å². The molecule has 1 unspecified atom stereocenters. The molecule has 6 rings (SSSR count). The number of aryl methyl sites for hydroxylation is 1. The first-order valence-electron chi connectivity index (χ1n) is 11.5. The van der Waals surface area contributed by atoms with E-state index in [1.807, 2.05) is 12.1 Å². The zero-order chi connectivity index (χ0) is 23.2. The number of hydrogen-bond donors (Lipinski definition) is 2. The number of hydrogen-bond acceptors (Lipinski definition) is 6. The van der Waals surface area contributed by atoms with Gasteiger partial charge in [0.2, 0.25) is 11.8 Å². The lowest BCUT2D eigenvalue weighted by Crippen LogP contribution is -2.57. The van der Waals surface area contributed by atoms with Gasteiger partial charge in [-0.05, 0) is 57.1 Å². The molecule has 1 aromatic heterocycles. The van der Waals surface area contributed by atoms with Gasteiger partial charge in [-0.25, -0.2) is 0 Å². The Morgan fingerprint density at radius 2 is 2.00 bits per heavy atom. The van der Waals surface area contributed by atoms with E-state index < -0.39 is 5.92 Å². The number of nitriles is 1. The molecule has 4 fully saturated rings. The van der Waals surface area contributed by atoms with Crippen molar-refractivity contribution in [2.75, 3.05) is 6.61 Å². The minimum atomic E-state index is -0.464. The summed E-state index contributed by atoms with van der Waals surface area (Å²) in [7, 11) is 1.79. The Hall–Kier alpha value is -3.41. The summed E-state index contributed by atoms with van der Waals surface area (Å²) in [5, 5.41) is 20.3. The number of rotatable bonds is 5. The van der Waals surface area contributed by atoms with Crippen LogP contribution >= 0.6 is 0 Å². The van der Waals surface area contributed by atoms with E-state index in [1.165, 1.54) is 0 Å². The third-order valence-corrected chi connectivity index (χ3v) is 7.68. The van der Waals surface area contributed by atoms with Crippen LogP contribution in [-0.4, -0.2) is 39.6 Å². The maximum atomic E-state index is 12.6. The van der Waals surface area contributed by atoms with E-state index in [9.17, 15) is 19.6 Å². The molecule has 3 amide bonds. The maximum absolute atomic E-state index is 12.6. The highest BCUT2D eigenvalue weighted by Gasteiger charge is 2.49. The lowest BCUT2D eigenvalue weighted by Gasteiger charge is -2.50. The number of benzene rings is 1. The molecule has 2 bridgehead atoms. The number of carbonyl (C=O) groups excluding carboxylic acids is 3. The van der Waals surface area contributed by atoms with Gasteiger partial charge in [0.1, 0.15) is 5.75 Å². The number of carbonyl (C=O) groups is 3. The molecule has 1 atom stereocenters. The first-order valence-corrected chi connectivity index (χ1v) is 11.5. The van der Waals surface area contributed by atoms with Crippen LogP contribution in [0.4, 0.5) is 0 Å². The molecule has 4 aliphatic rings. The van der Waals surface area contributed by atoms with Crippen LogP contribution in [-0.2, 0) is 21.4 Å². The van der Waals surface area contributed by atoms with E-state index in [0.29, 0.717) is 24.3 Å². The van der Waals surface area contributed by atoms with E-state index >= 15 is 0 Å². The summed E-state index contributed by atoms with van der Waals surface area (Å²) in [6.45, 7) is -0.0888. The number of nitrogens with one attached hydrogen (secondary N) is 2. The van der Waals surface area contributed by atoms with E-state index in [2.05, 4.69) is 21.8 Å². The number of fused-ring (bicyclic) bond motifs is 4. The second kappa shape index (κ2) is 7.87. The van der Waals surface area contributed by atoms with E-state index in [4.69, 9.17) is 4.74 Å². The molecule has 2 heterocycles. The van der Waals surface area contributed by atoms with Crippen LogP contribution in [0.1, 0.15) is 63.0 Å². The van der Waals surface area contributed by atoms with Gasteiger partial charge in [-0.3, -0.25) is 24.4 Å². The molecule has 3 saturated carbocycles. The number of piperidine rings is 1. The van der Waals surface area contributed by atoms with Crippen LogP contribution in [0.3, 0.4) is 0 Å². The van der Waals surface area contributed by atoms with Crippen LogP contribution in [0.2, 0.25) is 0 Å². The van der Waals surface area contributed by atoms with Crippen molar-refractivity contribution in [3.05, 3.63) is 23.9 Å². The molecular weight excluding hydrogens is 422 g/mol. The molecule has 33 heavy (non-hydrogen) atoms. The second-order valence-corrected chi connectivity index (χ2v) is 9.70. The third-order valence-electron chi connectivity index (χ3n) is 7.68. The van der Waals surface area contributed by atoms with Gasteiger partial charge in [-0.2, -0.15) is 10.4 Å². The van der Waals surface area contributed by atoms with Crippen molar-refractivity contribution in [1.29, 1.82) is 5.26 Å². The quantitative estimate of drug-likeness (QED) is 0.674. The maximum Gasteiger partial charge on any atom is 0.258 e. The van der Waals surface area contributed by atoms with Crippen molar-refractivity contribution in [3.63, 3.8) is 0 Å². The summed E-state index contributed by atoms with van der Waals surface area (Å²) in [5.41, 5.74) is 1.04. The molecule has 172 valence electrons. The molecule has 1 saturated heterocycles. The molecule has 9 nitrogen and oxygen atoms in total. The summed E-state index contributed by atoms with van der Waals surface area (Å²) in [6.07, 6.45) is 5.80. The van der Waals surface area contributed by atoms with Gasteiger partial charge in [-0.1, -0.05) is 0 Å². The van der Waals surface area contributed by atoms with Gasteiger partial charge in [0.15, 0.2) is 6.61 Å². The zero-order valence-corrected chi connectivity index (χ0v) is 18.6.